The Labute approximate surface area is 186 Å². The number of carbonyl (C=O) groups is 1. The molecule has 1 heterocycles. The third-order valence-corrected chi connectivity index (χ3v) is 6.83. The lowest BCUT2D eigenvalue weighted by molar-refractivity contribution is -0.121. The summed E-state index contributed by atoms with van der Waals surface area (Å²) in [5, 5.41) is 3.77. The Morgan fingerprint density at radius 3 is 2.68 bits per heavy atom. The highest BCUT2D eigenvalue weighted by Crippen LogP contribution is 2.25. The Morgan fingerprint density at radius 1 is 1.16 bits per heavy atom. The summed E-state index contributed by atoms with van der Waals surface area (Å²) >= 11 is 1.44. The fraction of sp³-hybridized carbons (Fsp3) is 0.522. The maximum absolute atomic E-state index is 12.3. The van der Waals surface area contributed by atoms with Crippen molar-refractivity contribution in [2.24, 2.45) is 0 Å². The molecular weight excluding hydrogens is 412 g/mol. The zero-order valence-electron chi connectivity index (χ0n) is 17.7. The van der Waals surface area contributed by atoms with E-state index in [4.69, 9.17) is 10.5 Å². The van der Waals surface area contributed by atoms with Crippen molar-refractivity contribution in [3.8, 4) is 5.75 Å². The largest absolute Gasteiger partial charge is 0.490 e. The first kappa shape index (κ1) is 21.7. The molecule has 1 amide bonds. The van der Waals surface area contributed by atoms with E-state index in [1.54, 1.807) is 0 Å². The number of nitrogens with one attached hydrogen (secondary N) is 2. The van der Waals surface area contributed by atoms with Gasteiger partial charge in [-0.25, -0.2) is 4.98 Å². The molecule has 4 rings (SSSR count). The van der Waals surface area contributed by atoms with Gasteiger partial charge in [0.25, 0.3) is 5.56 Å². The number of anilines is 1. The van der Waals surface area contributed by atoms with Crippen LogP contribution in [0.4, 0.5) is 5.69 Å². The third kappa shape index (κ3) is 6.03. The van der Waals surface area contributed by atoms with E-state index in [0.29, 0.717) is 17.3 Å². The van der Waals surface area contributed by atoms with Gasteiger partial charge in [0.05, 0.1) is 11.8 Å². The average molecular weight is 443 g/mol. The Bertz CT molecular complexity index is 952. The number of nitrogen functional groups attached to an aromatic ring is 1. The number of rotatable bonds is 7. The quantitative estimate of drug-likeness (QED) is 0.345. The number of H-pyrrole nitrogens is 1. The molecule has 0 atom stereocenters. The number of fused-ring (bicyclic) bond motifs is 1. The van der Waals surface area contributed by atoms with Gasteiger partial charge < -0.3 is 20.8 Å². The van der Waals surface area contributed by atoms with Crippen LogP contribution in [0.1, 0.15) is 56.2 Å². The third-order valence-electron chi connectivity index (χ3n) is 5.96. The number of aromatic amines is 1. The monoisotopic (exact) mass is 442 g/mol. The molecule has 2 aliphatic rings. The number of hydrogen-bond acceptors (Lipinski definition) is 6. The van der Waals surface area contributed by atoms with Crippen molar-refractivity contribution in [3.05, 3.63) is 45.9 Å². The zero-order valence-corrected chi connectivity index (χ0v) is 18.5. The second-order valence-corrected chi connectivity index (χ2v) is 9.41. The van der Waals surface area contributed by atoms with Crippen LogP contribution in [-0.2, 0) is 17.6 Å². The fourth-order valence-electron chi connectivity index (χ4n) is 4.25. The van der Waals surface area contributed by atoms with Gasteiger partial charge in [-0.1, -0.05) is 11.8 Å². The molecule has 0 aliphatic heterocycles. The van der Waals surface area contributed by atoms with Crippen LogP contribution < -0.4 is 21.3 Å². The van der Waals surface area contributed by atoms with Crippen LogP contribution in [0.3, 0.4) is 0 Å². The van der Waals surface area contributed by atoms with Crippen molar-refractivity contribution in [1.82, 2.24) is 15.3 Å². The summed E-state index contributed by atoms with van der Waals surface area (Å²) in [5.74, 6) is 1.49. The number of benzene rings is 1. The van der Waals surface area contributed by atoms with Crippen molar-refractivity contribution in [2.75, 3.05) is 11.5 Å². The minimum Gasteiger partial charge on any atom is -0.490 e. The molecule has 166 valence electrons. The van der Waals surface area contributed by atoms with Gasteiger partial charge in [-0.3, -0.25) is 9.59 Å². The number of amides is 1. The number of ether oxygens (including phenoxy) is 1. The highest BCUT2D eigenvalue weighted by Gasteiger charge is 2.23. The molecule has 4 N–H and O–H groups in total. The topological polar surface area (TPSA) is 110 Å². The number of nitrogens with two attached hydrogens (primary N) is 1. The van der Waals surface area contributed by atoms with E-state index in [2.05, 4.69) is 15.3 Å². The van der Waals surface area contributed by atoms with Crippen molar-refractivity contribution in [1.29, 1.82) is 0 Å². The number of aryl methyl sites for hydroxylation is 1. The van der Waals surface area contributed by atoms with Gasteiger partial charge in [-0.2, -0.15) is 0 Å². The van der Waals surface area contributed by atoms with E-state index in [9.17, 15) is 9.59 Å². The number of thioether (sulfide) groups is 1. The fourth-order valence-corrected chi connectivity index (χ4v) is 5.07. The second-order valence-electron chi connectivity index (χ2n) is 8.33. The van der Waals surface area contributed by atoms with E-state index in [1.807, 2.05) is 24.3 Å². The van der Waals surface area contributed by atoms with Crippen LogP contribution >= 0.6 is 11.8 Å². The SMILES string of the molecule is Nc1ccc(OC2CCC(NC(=O)CCSc3nc4c(c(=O)[nH]3)CCCC4)CC2)cc1. The molecule has 1 aromatic carbocycles. The van der Waals surface area contributed by atoms with Crippen molar-refractivity contribution >= 4 is 23.4 Å². The molecule has 2 aliphatic carbocycles. The van der Waals surface area contributed by atoms with Crippen LogP contribution in [0.5, 0.6) is 5.75 Å². The van der Waals surface area contributed by atoms with Crippen LogP contribution in [0.25, 0.3) is 0 Å². The minimum absolute atomic E-state index is 0.0189. The Kier molecular flexibility index (Phi) is 7.17. The van der Waals surface area contributed by atoms with Gasteiger partial charge in [0.1, 0.15) is 5.75 Å². The molecule has 2 aromatic rings. The van der Waals surface area contributed by atoms with Gasteiger partial charge in [0.15, 0.2) is 5.16 Å². The van der Waals surface area contributed by atoms with Crippen molar-refractivity contribution < 1.29 is 9.53 Å². The van der Waals surface area contributed by atoms with E-state index < -0.39 is 0 Å². The van der Waals surface area contributed by atoms with E-state index in [0.717, 1.165) is 74.1 Å². The van der Waals surface area contributed by atoms with Crippen molar-refractivity contribution in [2.45, 2.75) is 75.1 Å². The Balaban J connectivity index is 1.17. The van der Waals surface area contributed by atoms with Gasteiger partial charge in [0, 0.05) is 29.5 Å². The predicted octanol–water partition coefficient (Wildman–Crippen LogP) is 3.22. The van der Waals surface area contributed by atoms with Crippen molar-refractivity contribution in [3.63, 3.8) is 0 Å². The van der Waals surface area contributed by atoms with E-state index in [-0.39, 0.29) is 23.6 Å². The molecular formula is C23H30N4O3S. The van der Waals surface area contributed by atoms with Crippen LogP contribution in [0, 0.1) is 0 Å². The smallest absolute Gasteiger partial charge is 0.254 e. The number of aromatic nitrogens is 2. The normalized spacial score (nSPS) is 20.6. The van der Waals surface area contributed by atoms with Gasteiger partial charge >= 0.3 is 0 Å². The first-order valence-corrected chi connectivity index (χ1v) is 12.1. The van der Waals surface area contributed by atoms with Crippen LogP contribution in [0.2, 0.25) is 0 Å². The molecule has 1 aromatic heterocycles. The molecule has 0 saturated heterocycles. The summed E-state index contributed by atoms with van der Waals surface area (Å²) in [6.45, 7) is 0. The minimum atomic E-state index is -0.0189. The lowest BCUT2D eigenvalue weighted by Gasteiger charge is -2.29. The maximum Gasteiger partial charge on any atom is 0.254 e. The average Bonchev–Trinajstić information content (AvgIpc) is 2.77. The van der Waals surface area contributed by atoms with Gasteiger partial charge in [-0.05, 0) is 75.6 Å². The molecule has 0 unspecified atom stereocenters. The molecule has 31 heavy (non-hydrogen) atoms. The summed E-state index contributed by atoms with van der Waals surface area (Å²) < 4.78 is 6.02. The first-order valence-electron chi connectivity index (χ1n) is 11.1. The molecule has 0 radical (unpaired) electrons. The van der Waals surface area contributed by atoms with Gasteiger partial charge in [0.2, 0.25) is 5.91 Å². The summed E-state index contributed by atoms with van der Waals surface area (Å²) in [6, 6.07) is 7.67. The summed E-state index contributed by atoms with van der Waals surface area (Å²) in [4.78, 5) is 32.0. The molecule has 0 spiro atoms. The summed E-state index contributed by atoms with van der Waals surface area (Å²) in [7, 11) is 0. The lowest BCUT2D eigenvalue weighted by Crippen LogP contribution is -2.39. The first-order chi connectivity index (χ1) is 15.1. The maximum atomic E-state index is 12.3. The van der Waals surface area contributed by atoms with Crippen LogP contribution in [-0.4, -0.2) is 33.8 Å². The van der Waals surface area contributed by atoms with E-state index >= 15 is 0 Å². The molecule has 1 saturated carbocycles. The van der Waals surface area contributed by atoms with Gasteiger partial charge in [-0.15, -0.1) is 0 Å². The Morgan fingerprint density at radius 2 is 1.90 bits per heavy atom. The molecule has 7 nitrogen and oxygen atoms in total. The second kappa shape index (κ2) is 10.2. The standard InChI is InChI=1S/C23H30N4O3S/c24-15-5-9-17(10-6-15)30-18-11-7-16(8-12-18)25-21(28)13-14-31-23-26-20-4-2-1-3-19(20)22(29)27-23/h5-6,9-10,16,18H,1-4,7-8,11-14,24H2,(H,25,28)(H,26,27,29). The molecule has 0 bridgehead atoms. The Hall–Kier alpha value is -2.48. The number of hydrogen-bond donors (Lipinski definition) is 3. The summed E-state index contributed by atoms with van der Waals surface area (Å²) in [6.07, 6.45) is 8.09. The van der Waals surface area contributed by atoms with E-state index in [1.165, 1.54) is 11.8 Å². The summed E-state index contributed by atoms with van der Waals surface area (Å²) in [5.41, 5.74) is 8.19. The molecule has 8 heteroatoms. The number of nitrogens with zero attached hydrogens (tertiary/aromatic N) is 1. The highest BCUT2D eigenvalue weighted by molar-refractivity contribution is 7.99. The number of carbonyl (C=O) groups excluding carboxylic acids is 1. The molecule has 1 fully saturated rings. The lowest BCUT2D eigenvalue weighted by atomic mass is 9.93. The zero-order chi connectivity index (χ0) is 21.6. The van der Waals surface area contributed by atoms with Crippen LogP contribution in [0.15, 0.2) is 34.2 Å². The highest BCUT2D eigenvalue weighted by atomic mass is 32.2. The predicted molar refractivity (Wildman–Crippen MR) is 123 cm³/mol.